The van der Waals surface area contributed by atoms with Gasteiger partial charge in [0.15, 0.2) is 0 Å². The first-order valence-electron chi connectivity index (χ1n) is 11.5. The standard InChI is InChI=1S/C24H25N9O/c25-13-16-12-17(14-29-22(16)33-10-1-2-11-33)19-7-9-27-24(31-19)30-18-5-6-21(28-15-18)32-23(34)20-4-3-8-26-20/h5-7,9,12,14-15,20,26H,1-4,8,10-11H2,(H,27,30,31)(H,28,32,34). The molecule has 3 aromatic heterocycles. The molecule has 5 heterocycles. The van der Waals surface area contributed by atoms with E-state index >= 15 is 0 Å². The van der Waals surface area contributed by atoms with Crippen molar-refractivity contribution in [2.45, 2.75) is 31.7 Å². The molecular weight excluding hydrogens is 430 g/mol. The number of hydrogen-bond acceptors (Lipinski definition) is 9. The fourth-order valence-electron chi connectivity index (χ4n) is 4.23. The van der Waals surface area contributed by atoms with Gasteiger partial charge in [0.05, 0.1) is 29.2 Å². The monoisotopic (exact) mass is 455 g/mol. The van der Waals surface area contributed by atoms with Crippen LogP contribution >= 0.6 is 0 Å². The zero-order chi connectivity index (χ0) is 23.3. The maximum absolute atomic E-state index is 12.2. The lowest BCUT2D eigenvalue weighted by Gasteiger charge is -2.18. The van der Waals surface area contributed by atoms with Crippen molar-refractivity contribution in [3.05, 3.63) is 48.4 Å². The van der Waals surface area contributed by atoms with E-state index in [0.29, 0.717) is 28.7 Å². The molecule has 10 heteroatoms. The average molecular weight is 456 g/mol. The van der Waals surface area contributed by atoms with Gasteiger partial charge >= 0.3 is 0 Å². The molecular formula is C24H25N9O. The average Bonchev–Trinajstić information content (AvgIpc) is 3.60. The number of carbonyl (C=O) groups excluding carboxylic acids is 1. The van der Waals surface area contributed by atoms with Crippen LogP contribution in [0.3, 0.4) is 0 Å². The third kappa shape index (κ3) is 4.79. The smallest absolute Gasteiger partial charge is 0.242 e. The highest BCUT2D eigenvalue weighted by Gasteiger charge is 2.22. The Kier molecular flexibility index (Phi) is 6.27. The molecule has 1 amide bonds. The van der Waals surface area contributed by atoms with Gasteiger partial charge in [-0.15, -0.1) is 0 Å². The number of anilines is 4. The van der Waals surface area contributed by atoms with Gasteiger partial charge < -0.3 is 20.9 Å². The summed E-state index contributed by atoms with van der Waals surface area (Å²) in [6, 6.07) is 9.26. The SMILES string of the molecule is N#Cc1cc(-c2ccnc(Nc3ccc(NC(=O)C4CCCN4)nc3)n2)cnc1N1CCCC1. The van der Waals surface area contributed by atoms with Gasteiger partial charge in [0.1, 0.15) is 17.7 Å². The molecule has 1 unspecified atom stereocenters. The van der Waals surface area contributed by atoms with E-state index in [4.69, 9.17) is 0 Å². The molecule has 3 N–H and O–H groups in total. The van der Waals surface area contributed by atoms with Gasteiger partial charge in [0, 0.05) is 31.0 Å². The Morgan fingerprint density at radius 1 is 1.12 bits per heavy atom. The molecule has 2 saturated heterocycles. The minimum absolute atomic E-state index is 0.0668. The molecule has 5 rings (SSSR count). The van der Waals surface area contributed by atoms with Crippen LogP contribution in [0, 0.1) is 11.3 Å². The summed E-state index contributed by atoms with van der Waals surface area (Å²) in [5.41, 5.74) is 2.65. The van der Waals surface area contributed by atoms with Gasteiger partial charge in [0.25, 0.3) is 0 Å². The van der Waals surface area contributed by atoms with E-state index < -0.39 is 0 Å². The van der Waals surface area contributed by atoms with Crippen LogP contribution in [-0.2, 0) is 4.79 Å². The van der Waals surface area contributed by atoms with Crippen molar-refractivity contribution in [3.63, 3.8) is 0 Å². The van der Waals surface area contributed by atoms with Crippen molar-refractivity contribution in [2.24, 2.45) is 0 Å². The molecule has 0 saturated carbocycles. The zero-order valence-corrected chi connectivity index (χ0v) is 18.7. The molecule has 3 aromatic rings. The maximum Gasteiger partial charge on any atom is 0.242 e. The molecule has 2 aliphatic rings. The van der Waals surface area contributed by atoms with E-state index in [1.165, 1.54) is 0 Å². The molecule has 0 radical (unpaired) electrons. The summed E-state index contributed by atoms with van der Waals surface area (Å²) in [5.74, 6) is 1.56. The summed E-state index contributed by atoms with van der Waals surface area (Å²) < 4.78 is 0. The van der Waals surface area contributed by atoms with Gasteiger partial charge in [-0.2, -0.15) is 5.26 Å². The first-order chi connectivity index (χ1) is 16.7. The minimum Gasteiger partial charge on any atom is -0.356 e. The Bertz CT molecular complexity index is 1210. The number of nitriles is 1. The number of nitrogens with zero attached hydrogens (tertiary/aromatic N) is 6. The lowest BCUT2D eigenvalue weighted by atomic mass is 10.1. The van der Waals surface area contributed by atoms with E-state index in [1.54, 1.807) is 36.8 Å². The van der Waals surface area contributed by atoms with E-state index in [1.807, 2.05) is 6.07 Å². The van der Waals surface area contributed by atoms with Gasteiger partial charge in [-0.3, -0.25) is 4.79 Å². The van der Waals surface area contributed by atoms with E-state index in [9.17, 15) is 10.1 Å². The van der Waals surface area contributed by atoms with Crippen molar-refractivity contribution in [2.75, 3.05) is 35.2 Å². The Hall–Kier alpha value is -4.10. The Morgan fingerprint density at radius 2 is 2.00 bits per heavy atom. The summed E-state index contributed by atoms with van der Waals surface area (Å²) in [5, 5.41) is 18.8. The van der Waals surface area contributed by atoms with Crippen molar-refractivity contribution in [3.8, 4) is 17.3 Å². The topological polar surface area (TPSA) is 132 Å². The van der Waals surface area contributed by atoms with Crippen molar-refractivity contribution in [1.82, 2.24) is 25.3 Å². The zero-order valence-electron chi connectivity index (χ0n) is 18.7. The summed E-state index contributed by atoms with van der Waals surface area (Å²) in [7, 11) is 0. The second-order valence-corrected chi connectivity index (χ2v) is 8.36. The van der Waals surface area contributed by atoms with E-state index in [-0.39, 0.29) is 11.9 Å². The molecule has 2 fully saturated rings. The normalized spacial score (nSPS) is 17.4. The second kappa shape index (κ2) is 9.80. The van der Waals surface area contributed by atoms with Crippen LogP contribution in [0.4, 0.5) is 23.3 Å². The fourth-order valence-corrected chi connectivity index (χ4v) is 4.23. The number of hydrogen-bond donors (Lipinski definition) is 3. The van der Waals surface area contributed by atoms with Crippen LogP contribution in [0.15, 0.2) is 42.9 Å². The molecule has 172 valence electrons. The fraction of sp³-hybridized carbons (Fsp3) is 0.333. The third-order valence-electron chi connectivity index (χ3n) is 5.99. The van der Waals surface area contributed by atoms with E-state index in [0.717, 1.165) is 56.7 Å². The summed E-state index contributed by atoms with van der Waals surface area (Å²) in [6.45, 7) is 2.72. The number of nitrogens with one attached hydrogen (secondary N) is 3. The third-order valence-corrected chi connectivity index (χ3v) is 5.99. The summed E-state index contributed by atoms with van der Waals surface area (Å²) in [4.78, 5) is 32.1. The van der Waals surface area contributed by atoms with Gasteiger partial charge in [-0.1, -0.05) is 0 Å². The molecule has 2 aliphatic heterocycles. The predicted molar refractivity (Wildman–Crippen MR) is 129 cm³/mol. The molecule has 0 spiro atoms. The Balaban J connectivity index is 1.28. The van der Waals surface area contributed by atoms with Crippen LogP contribution in [0.25, 0.3) is 11.3 Å². The quantitative estimate of drug-likeness (QED) is 0.513. The molecule has 0 aliphatic carbocycles. The highest BCUT2D eigenvalue weighted by molar-refractivity contribution is 5.94. The predicted octanol–water partition coefficient (Wildman–Crippen LogP) is 2.84. The van der Waals surface area contributed by atoms with Crippen LogP contribution in [0.1, 0.15) is 31.2 Å². The molecule has 10 nitrogen and oxygen atoms in total. The second-order valence-electron chi connectivity index (χ2n) is 8.36. The number of carbonyl (C=O) groups is 1. The largest absolute Gasteiger partial charge is 0.356 e. The first kappa shape index (κ1) is 21.7. The Labute approximate surface area is 197 Å². The Morgan fingerprint density at radius 3 is 2.74 bits per heavy atom. The maximum atomic E-state index is 12.2. The number of aromatic nitrogens is 4. The van der Waals surface area contributed by atoms with Crippen molar-refractivity contribution >= 4 is 29.2 Å². The summed E-state index contributed by atoms with van der Waals surface area (Å²) in [6.07, 6.45) is 9.11. The van der Waals surface area contributed by atoms with Gasteiger partial charge in [-0.25, -0.2) is 19.9 Å². The lowest BCUT2D eigenvalue weighted by molar-refractivity contribution is -0.117. The number of pyridine rings is 2. The lowest BCUT2D eigenvalue weighted by Crippen LogP contribution is -2.35. The molecule has 1 atom stereocenters. The van der Waals surface area contributed by atoms with Gasteiger partial charge in [-0.05, 0) is 56.5 Å². The molecule has 0 aromatic carbocycles. The van der Waals surface area contributed by atoms with Crippen molar-refractivity contribution < 1.29 is 4.79 Å². The van der Waals surface area contributed by atoms with Crippen LogP contribution in [0.5, 0.6) is 0 Å². The van der Waals surface area contributed by atoms with Crippen LogP contribution in [0.2, 0.25) is 0 Å². The summed E-state index contributed by atoms with van der Waals surface area (Å²) >= 11 is 0. The van der Waals surface area contributed by atoms with Crippen LogP contribution in [-0.4, -0.2) is 51.5 Å². The highest BCUT2D eigenvalue weighted by atomic mass is 16.2. The number of rotatable bonds is 6. The first-order valence-corrected chi connectivity index (χ1v) is 11.5. The highest BCUT2D eigenvalue weighted by Crippen LogP contribution is 2.26. The molecule has 34 heavy (non-hydrogen) atoms. The van der Waals surface area contributed by atoms with E-state index in [2.05, 4.69) is 46.9 Å². The van der Waals surface area contributed by atoms with Crippen molar-refractivity contribution in [1.29, 1.82) is 5.26 Å². The van der Waals surface area contributed by atoms with Gasteiger partial charge in [0.2, 0.25) is 11.9 Å². The minimum atomic E-state index is -0.156. The molecule has 0 bridgehead atoms. The number of amides is 1. The van der Waals surface area contributed by atoms with Crippen LogP contribution < -0.4 is 20.9 Å².